The second-order valence-electron chi connectivity index (χ2n) is 4.68. The van der Waals surface area contributed by atoms with Gasteiger partial charge in [0, 0.05) is 12.1 Å². The molecule has 2 aromatic rings. The molecular formula is C16H21NO3S. The first-order chi connectivity index (χ1) is 10.2. The van der Waals surface area contributed by atoms with Crippen molar-refractivity contribution in [2.24, 2.45) is 0 Å². The number of benzene rings is 1. The second-order valence-corrected chi connectivity index (χ2v) is 5.42. The summed E-state index contributed by atoms with van der Waals surface area (Å²) < 4.78 is 16.4. The van der Waals surface area contributed by atoms with Crippen LogP contribution < -0.4 is 19.5 Å². The number of thiophene rings is 1. The Morgan fingerprint density at radius 1 is 1.00 bits per heavy atom. The zero-order valence-corrected chi connectivity index (χ0v) is 13.8. The Kier molecular flexibility index (Phi) is 5.09. The van der Waals surface area contributed by atoms with E-state index in [-0.39, 0.29) is 6.04 Å². The van der Waals surface area contributed by atoms with Crippen molar-refractivity contribution in [3.05, 3.63) is 39.6 Å². The molecule has 0 bridgehead atoms. The van der Waals surface area contributed by atoms with Crippen molar-refractivity contribution in [1.82, 2.24) is 5.32 Å². The maximum absolute atomic E-state index is 5.55. The highest BCUT2D eigenvalue weighted by molar-refractivity contribution is 7.08. The van der Waals surface area contributed by atoms with E-state index in [0.29, 0.717) is 5.75 Å². The quantitative estimate of drug-likeness (QED) is 0.888. The summed E-state index contributed by atoms with van der Waals surface area (Å²) in [5.74, 6) is 2.21. The highest BCUT2D eigenvalue weighted by Crippen LogP contribution is 2.41. The first-order valence-corrected chi connectivity index (χ1v) is 7.60. The Morgan fingerprint density at radius 2 is 1.62 bits per heavy atom. The van der Waals surface area contributed by atoms with Gasteiger partial charge in [0.05, 0.1) is 32.9 Å². The van der Waals surface area contributed by atoms with Crippen molar-refractivity contribution in [3.8, 4) is 17.2 Å². The maximum Gasteiger partial charge on any atom is 0.131 e. The smallest absolute Gasteiger partial charge is 0.131 e. The molecule has 5 heteroatoms. The van der Waals surface area contributed by atoms with E-state index >= 15 is 0 Å². The Labute approximate surface area is 129 Å². The van der Waals surface area contributed by atoms with E-state index in [4.69, 9.17) is 14.2 Å². The van der Waals surface area contributed by atoms with Gasteiger partial charge in [0.15, 0.2) is 0 Å². The Balaban J connectivity index is 2.62. The fourth-order valence-electron chi connectivity index (χ4n) is 2.44. The van der Waals surface area contributed by atoms with Crippen molar-refractivity contribution in [2.75, 3.05) is 28.4 Å². The molecular weight excluding hydrogens is 286 g/mol. The van der Waals surface area contributed by atoms with Gasteiger partial charge >= 0.3 is 0 Å². The number of methoxy groups -OCH3 is 3. The van der Waals surface area contributed by atoms with Crippen LogP contribution in [0.5, 0.6) is 17.2 Å². The van der Waals surface area contributed by atoms with Gasteiger partial charge in [0.25, 0.3) is 0 Å². The monoisotopic (exact) mass is 307 g/mol. The SMILES string of the molecule is CNC(c1cscc1C)c1c(OC)cc(OC)cc1OC. The average Bonchev–Trinajstić information content (AvgIpc) is 2.94. The maximum atomic E-state index is 5.55. The zero-order valence-electron chi connectivity index (χ0n) is 13.0. The summed E-state index contributed by atoms with van der Waals surface area (Å²) in [6.07, 6.45) is 0. The molecule has 1 heterocycles. The first kappa shape index (κ1) is 15.7. The molecule has 21 heavy (non-hydrogen) atoms. The normalized spacial score (nSPS) is 12.0. The van der Waals surface area contributed by atoms with Crippen LogP contribution in [0.15, 0.2) is 22.9 Å². The Bertz CT molecular complexity index is 584. The lowest BCUT2D eigenvalue weighted by molar-refractivity contribution is 0.364. The third-order valence-electron chi connectivity index (χ3n) is 3.54. The lowest BCUT2D eigenvalue weighted by atomic mass is 9.96. The summed E-state index contributed by atoms with van der Waals surface area (Å²) in [4.78, 5) is 0. The van der Waals surface area contributed by atoms with Crippen LogP contribution in [0.2, 0.25) is 0 Å². The fourth-order valence-corrected chi connectivity index (χ4v) is 3.32. The van der Waals surface area contributed by atoms with Crippen LogP contribution in [0.1, 0.15) is 22.7 Å². The molecule has 0 aliphatic rings. The van der Waals surface area contributed by atoms with Gasteiger partial charge in [-0.2, -0.15) is 11.3 Å². The molecule has 0 amide bonds. The molecule has 0 fully saturated rings. The summed E-state index contributed by atoms with van der Waals surface area (Å²) in [6, 6.07) is 3.76. The lowest BCUT2D eigenvalue weighted by Gasteiger charge is -2.23. The van der Waals surface area contributed by atoms with Gasteiger partial charge in [-0.25, -0.2) is 0 Å². The van der Waals surface area contributed by atoms with E-state index in [1.165, 1.54) is 11.1 Å². The number of hydrogen-bond donors (Lipinski definition) is 1. The highest BCUT2D eigenvalue weighted by Gasteiger charge is 2.24. The largest absolute Gasteiger partial charge is 0.496 e. The molecule has 0 aliphatic carbocycles. The summed E-state index contributed by atoms with van der Waals surface area (Å²) in [6.45, 7) is 2.11. The molecule has 0 spiro atoms. The number of nitrogens with one attached hydrogen (secondary N) is 1. The highest BCUT2D eigenvalue weighted by atomic mass is 32.1. The molecule has 1 aromatic carbocycles. The zero-order chi connectivity index (χ0) is 15.4. The summed E-state index contributed by atoms with van der Waals surface area (Å²) in [7, 11) is 6.88. The minimum Gasteiger partial charge on any atom is -0.496 e. The van der Waals surface area contributed by atoms with Crippen LogP contribution in [0, 0.1) is 6.92 Å². The van der Waals surface area contributed by atoms with Crippen LogP contribution in [0.4, 0.5) is 0 Å². The van der Waals surface area contributed by atoms with E-state index in [9.17, 15) is 0 Å². The standard InChI is InChI=1S/C16H21NO3S/c1-10-8-21-9-12(10)16(17-2)15-13(19-4)6-11(18-3)7-14(15)20-5/h6-9,16-17H,1-5H3. The Hall–Kier alpha value is -1.72. The minimum absolute atomic E-state index is 0.00653. The molecule has 1 unspecified atom stereocenters. The third-order valence-corrected chi connectivity index (χ3v) is 4.42. The molecule has 1 N–H and O–H groups in total. The summed E-state index contributed by atoms with van der Waals surface area (Å²) in [5.41, 5.74) is 3.45. The van der Waals surface area contributed by atoms with Gasteiger partial charge in [0.1, 0.15) is 17.2 Å². The van der Waals surface area contributed by atoms with Gasteiger partial charge in [-0.05, 0) is 35.9 Å². The van der Waals surface area contributed by atoms with Crippen LogP contribution in [-0.4, -0.2) is 28.4 Å². The number of ether oxygens (including phenoxy) is 3. The van der Waals surface area contributed by atoms with Crippen molar-refractivity contribution in [2.45, 2.75) is 13.0 Å². The number of rotatable bonds is 6. The van der Waals surface area contributed by atoms with Crippen molar-refractivity contribution in [1.29, 1.82) is 0 Å². The molecule has 4 nitrogen and oxygen atoms in total. The molecule has 1 atom stereocenters. The number of hydrogen-bond acceptors (Lipinski definition) is 5. The van der Waals surface area contributed by atoms with E-state index in [0.717, 1.165) is 17.1 Å². The van der Waals surface area contributed by atoms with Gasteiger partial charge in [0.2, 0.25) is 0 Å². The minimum atomic E-state index is 0.00653. The predicted molar refractivity (Wildman–Crippen MR) is 86.1 cm³/mol. The topological polar surface area (TPSA) is 39.7 Å². The van der Waals surface area contributed by atoms with Crippen LogP contribution in [0.3, 0.4) is 0 Å². The van der Waals surface area contributed by atoms with Gasteiger partial charge < -0.3 is 19.5 Å². The van der Waals surface area contributed by atoms with Crippen LogP contribution in [-0.2, 0) is 0 Å². The van der Waals surface area contributed by atoms with E-state index < -0.39 is 0 Å². The van der Waals surface area contributed by atoms with Gasteiger partial charge in [-0.15, -0.1) is 0 Å². The van der Waals surface area contributed by atoms with Crippen LogP contribution >= 0.6 is 11.3 Å². The molecule has 0 radical (unpaired) electrons. The molecule has 0 aliphatic heterocycles. The first-order valence-electron chi connectivity index (χ1n) is 6.66. The van der Waals surface area contributed by atoms with Crippen molar-refractivity contribution < 1.29 is 14.2 Å². The second kappa shape index (κ2) is 6.83. The average molecular weight is 307 g/mol. The van der Waals surface area contributed by atoms with E-state index in [1.807, 2.05) is 19.2 Å². The fraction of sp³-hybridized carbons (Fsp3) is 0.375. The van der Waals surface area contributed by atoms with E-state index in [2.05, 4.69) is 23.0 Å². The molecule has 1 aromatic heterocycles. The Morgan fingerprint density at radius 3 is 2.00 bits per heavy atom. The molecule has 0 saturated heterocycles. The van der Waals surface area contributed by atoms with Crippen molar-refractivity contribution in [3.63, 3.8) is 0 Å². The van der Waals surface area contributed by atoms with E-state index in [1.54, 1.807) is 32.7 Å². The third kappa shape index (κ3) is 2.99. The van der Waals surface area contributed by atoms with Crippen molar-refractivity contribution >= 4 is 11.3 Å². The van der Waals surface area contributed by atoms with Crippen LogP contribution in [0.25, 0.3) is 0 Å². The molecule has 2 rings (SSSR count). The molecule has 114 valence electrons. The predicted octanol–water partition coefficient (Wildman–Crippen LogP) is 3.39. The lowest BCUT2D eigenvalue weighted by Crippen LogP contribution is -2.19. The molecule has 0 saturated carbocycles. The number of aryl methyl sites for hydroxylation is 1. The summed E-state index contributed by atoms with van der Waals surface area (Å²) in [5, 5.41) is 7.65. The van der Waals surface area contributed by atoms with Gasteiger partial charge in [-0.1, -0.05) is 0 Å². The summed E-state index contributed by atoms with van der Waals surface area (Å²) >= 11 is 1.69. The van der Waals surface area contributed by atoms with Gasteiger partial charge in [-0.3, -0.25) is 0 Å².